The van der Waals surface area contributed by atoms with Gasteiger partial charge < -0.3 is 9.64 Å². The number of hydrogen-bond acceptors (Lipinski definition) is 7. The van der Waals surface area contributed by atoms with Crippen molar-refractivity contribution in [2.75, 3.05) is 19.0 Å². The van der Waals surface area contributed by atoms with Gasteiger partial charge in [0.05, 0.1) is 10.1 Å². The highest BCUT2D eigenvalue weighted by atomic mass is 32.2. The van der Waals surface area contributed by atoms with E-state index in [4.69, 9.17) is 4.74 Å². The van der Waals surface area contributed by atoms with E-state index in [1.807, 2.05) is 27.9 Å². The second-order valence-corrected chi connectivity index (χ2v) is 8.87. The highest BCUT2D eigenvalue weighted by molar-refractivity contribution is 7.92. The van der Waals surface area contributed by atoms with Crippen LogP contribution in [0.3, 0.4) is 0 Å². The SMILES string of the molecule is CC(C)c1nc(Oc2ccc(S(=O)(=O)C3CC3)cc2)nc(N(C)C)n1. The molecule has 1 aromatic heterocycles. The Bertz CT molecular complexity index is 834. The fourth-order valence-electron chi connectivity index (χ4n) is 2.24. The Morgan fingerprint density at radius 3 is 2.24 bits per heavy atom. The number of ether oxygens (including phenoxy) is 1. The Morgan fingerprint density at radius 2 is 1.72 bits per heavy atom. The van der Waals surface area contributed by atoms with Crippen LogP contribution in [0.2, 0.25) is 0 Å². The van der Waals surface area contributed by atoms with Crippen LogP contribution in [0.25, 0.3) is 0 Å². The zero-order chi connectivity index (χ0) is 18.2. The summed E-state index contributed by atoms with van der Waals surface area (Å²) < 4.78 is 30.2. The molecule has 134 valence electrons. The van der Waals surface area contributed by atoms with E-state index in [1.54, 1.807) is 29.2 Å². The predicted molar refractivity (Wildman–Crippen MR) is 95.0 cm³/mol. The first-order chi connectivity index (χ1) is 11.8. The highest BCUT2D eigenvalue weighted by Crippen LogP contribution is 2.34. The molecule has 3 rings (SSSR count). The number of aromatic nitrogens is 3. The van der Waals surface area contributed by atoms with Gasteiger partial charge in [0.1, 0.15) is 11.6 Å². The molecule has 2 aromatic rings. The smallest absolute Gasteiger partial charge is 0.327 e. The van der Waals surface area contributed by atoms with Crippen molar-refractivity contribution in [2.45, 2.75) is 42.8 Å². The molecule has 0 amide bonds. The molecule has 1 saturated carbocycles. The molecule has 25 heavy (non-hydrogen) atoms. The van der Waals surface area contributed by atoms with Crippen molar-refractivity contribution < 1.29 is 13.2 Å². The van der Waals surface area contributed by atoms with E-state index in [1.165, 1.54) is 0 Å². The third kappa shape index (κ3) is 3.89. The average molecular weight is 362 g/mol. The predicted octanol–water partition coefficient (Wildman–Crippen LogP) is 2.79. The van der Waals surface area contributed by atoms with E-state index in [-0.39, 0.29) is 17.2 Å². The lowest BCUT2D eigenvalue weighted by Gasteiger charge is -2.14. The van der Waals surface area contributed by atoms with Crippen LogP contribution in [-0.4, -0.2) is 42.7 Å². The standard InChI is InChI=1S/C17H22N4O3S/c1-11(2)15-18-16(21(3)4)20-17(19-15)24-12-5-7-13(8-6-12)25(22,23)14-9-10-14/h5-8,11,14H,9-10H2,1-4H3. The number of anilines is 1. The molecular weight excluding hydrogens is 340 g/mol. The lowest BCUT2D eigenvalue weighted by molar-refractivity contribution is 0.434. The summed E-state index contributed by atoms with van der Waals surface area (Å²) in [7, 11) is 0.501. The van der Waals surface area contributed by atoms with E-state index < -0.39 is 9.84 Å². The first-order valence-corrected chi connectivity index (χ1v) is 9.77. The minimum atomic E-state index is -3.19. The normalized spacial score (nSPS) is 14.6. The minimum Gasteiger partial charge on any atom is -0.424 e. The molecule has 1 aromatic carbocycles. The van der Waals surface area contributed by atoms with Crippen LogP contribution in [0.1, 0.15) is 38.4 Å². The Balaban J connectivity index is 1.84. The van der Waals surface area contributed by atoms with Gasteiger partial charge >= 0.3 is 6.01 Å². The summed E-state index contributed by atoms with van der Waals surface area (Å²) in [4.78, 5) is 15.1. The molecule has 7 nitrogen and oxygen atoms in total. The molecule has 1 aliphatic carbocycles. The van der Waals surface area contributed by atoms with Crippen LogP contribution in [-0.2, 0) is 9.84 Å². The molecular formula is C17H22N4O3S. The monoisotopic (exact) mass is 362 g/mol. The van der Waals surface area contributed by atoms with Gasteiger partial charge in [-0.25, -0.2) is 8.42 Å². The Labute approximate surface area is 148 Å². The third-order valence-electron chi connectivity index (χ3n) is 3.86. The number of rotatable bonds is 6. The van der Waals surface area contributed by atoms with Gasteiger partial charge in [-0.15, -0.1) is 0 Å². The molecule has 0 unspecified atom stereocenters. The average Bonchev–Trinajstić information content (AvgIpc) is 3.40. The lowest BCUT2D eigenvalue weighted by Crippen LogP contribution is -2.15. The van der Waals surface area contributed by atoms with E-state index in [9.17, 15) is 8.42 Å². The second-order valence-electron chi connectivity index (χ2n) is 6.64. The van der Waals surface area contributed by atoms with Crippen molar-refractivity contribution in [3.05, 3.63) is 30.1 Å². The molecule has 0 radical (unpaired) electrons. The van der Waals surface area contributed by atoms with Crippen molar-refractivity contribution >= 4 is 15.8 Å². The third-order valence-corrected chi connectivity index (χ3v) is 6.14. The van der Waals surface area contributed by atoms with Gasteiger partial charge in [-0.2, -0.15) is 15.0 Å². The van der Waals surface area contributed by atoms with Crippen molar-refractivity contribution in [2.24, 2.45) is 0 Å². The van der Waals surface area contributed by atoms with Gasteiger partial charge in [-0.3, -0.25) is 0 Å². The molecule has 0 atom stereocenters. The molecule has 0 spiro atoms. The summed E-state index contributed by atoms with van der Waals surface area (Å²) in [6.45, 7) is 3.99. The second kappa shape index (κ2) is 6.59. The minimum absolute atomic E-state index is 0.134. The summed E-state index contributed by atoms with van der Waals surface area (Å²) in [5.41, 5.74) is 0. The van der Waals surface area contributed by atoms with Crippen molar-refractivity contribution in [1.82, 2.24) is 15.0 Å². The Kier molecular flexibility index (Phi) is 4.64. The fraction of sp³-hybridized carbons (Fsp3) is 0.471. The maximum absolute atomic E-state index is 12.2. The summed E-state index contributed by atoms with van der Waals surface area (Å²) in [6, 6.07) is 6.59. The number of benzene rings is 1. The van der Waals surface area contributed by atoms with Crippen molar-refractivity contribution in [3.63, 3.8) is 0 Å². The maximum Gasteiger partial charge on any atom is 0.327 e. The maximum atomic E-state index is 12.2. The first kappa shape index (κ1) is 17.6. The quantitative estimate of drug-likeness (QED) is 0.781. The van der Waals surface area contributed by atoms with E-state index in [2.05, 4.69) is 15.0 Å². The van der Waals surface area contributed by atoms with Gasteiger partial charge in [0.15, 0.2) is 9.84 Å². The number of hydrogen-bond donors (Lipinski definition) is 0. The van der Waals surface area contributed by atoms with E-state index in [0.717, 1.165) is 12.8 Å². The van der Waals surface area contributed by atoms with Crippen LogP contribution in [0.4, 0.5) is 5.95 Å². The lowest BCUT2D eigenvalue weighted by atomic mass is 10.2. The van der Waals surface area contributed by atoms with E-state index in [0.29, 0.717) is 22.4 Å². The summed E-state index contributed by atoms with van der Waals surface area (Å²) in [5, 5.41) is -0.223. The molecule has 0 bridgehead atoms. The zero-order valence-corrected chi connectivity index (χ0v) is 15.6. The van der Waals surface area contributed by atoms with Gasteiger partial charge in [0, 0.05) is 20.0 Å². The van der Waals surface area contributed by atoms with Crippen molar-refractivity contribution in [3.8, 4) is 11.8 Å². The summed E-state index contributed by atoms with van der Waals surface area (Å²) in [6.07, 6.45) is 1.49. The first-order valence-electron chi connectivity index (χ1n) is 8.22. The molecule has 1 aliphatic rings. The summed E-state index contributed by atoms with van der Waals surface area (Å²) >= 11 is 0. The number of sulfone groups is 1. The summed E-state index contributed by atoms with van der Waals surface area (Å²) in [5.74, 6) is 1.78. The Morgan fingerprint density at radius 1 is 1.08 bits per heavy atom. The number of nitrogens with zero attached hydrogens (tertiary/aromatic N) is 4. The van der Waals surface area contributed by atoms with Crippen LogP contribution in [0, 0.1) is 0 Å². The Hall–Kier alpha value is -2.22. The van der Waals surface area contributed by atoms with Gasteiger partial charge in [-0.05, 0) is 37.1 Å². The highest BCUT2D eigenvalue weighted by Gasteiger charge is 2.36. The molecule has 0 aliphatic heterocycles. The van der Waals surface area contributed by atoms with Crippen molar-refractivity contribution in [1.29, 1.82) is 0 Å². The van der Waals surface area contributed by atoms with Crippen LogP contribution in [0.15, 0.2) is 29.2 Å². The molecule has 1 heterocycles. The molecule has 8 heteroatoms. The molecule has 1 fully saturated rings. The van der Waals surface area contributed by atoms with Crippen LogP contribution >= 0.6 is 0 Å². The topological polar surface area (TPSA) is 85.3 Å². The van der Waals surface area contributed by atoms with Gasteiger partial charge in [0.2, 0.25) is 5.95 Å². The van der Waals surface area contributed by atoms with Crippen LogP contribution in [0.5, 0.6) is 11.8 Å². The molecule has 0 saturated heterocycles. The fourth-order valence-corrected chi connectivity index (χ4v) is 3.90. The molecule has 0 N–H and O–H groups in total. The largest absolute Gasteiger partial charge is 0.424 e. The van der Waals surface area contributed by atoms with Gasteiger partial charge in [0.25, 0.3) is 0 Å². The van der Waals surface area contributed by atoms with E-state index >= 15 is 0 Å². The van der Waals surface area contributed by atoms with Gasteiger partial charge in [-0.1, -0.05) is 13.8 Å². The van der Waals surface area contributed by atoms with Crippen LogP contribution < -0.4 is 9.64 Å². The zero-order valence-electron chi connectivity index (χ0n) is 14.8.